The molecule has 0 aliphatic carbocycles. The van der Waals surface area contributed by atoms with Gasteiger partial charge < -0.3 is 10.5 Å². The van der Waals surface area contributed by atoms with Gasteiger partial charge in [0.25, 0.3) is 0 Å². The van der Waals surface area contributed by atoms with Gasteiger partial charge in [-0.2, -0.15) is 0 Å². The van der Waals surface area contributed by atoms with E-state index in [0.717, 1.165) is 11.1 Å². The SMILES string of the molecule is Cc1cc(C)c(OCc2ccc(Cl)cc2F)c(N)c1. The summed E-state index contributed by atoms with van der Waals surface area (Å²) >= 11 is 5.70. The molecule has 2 aromatic carbocycles. The van der Waals surface area contributed by atoms with E-state index < -0.39 is 0 Å². The summed E-state index contributed by atoms with van der Waals surface area (Å²) in [4.78, 5) is 0. The maximum Gasteiger partial charge on any atom is 0.145 e. The highest BCUT2D eigenvalue weighted by atomic mass is 35.5. The van der Waals surface area contributed by atoms with E-state index in [-0.39, 0.29) is 12.4 Å². The van der Waals surface area contributed by atoms with Crippen LogP contribution in [-0.2, 0) is 6.61 Å². The molecule has 0 atom stereocenters. The van der Waals surface area contributed by atoms with Gasteiger partial charge >= 0.3 is 0 Å². The van der Waals surface area contributed by atoms with Crippen LogP contribution in [0.1, 0.15) is 16.7 Å². The second-order valence-corrected chi connectivity index (χ2v) is 4.96. The van der Waals surface area contributed by atoms with Crippen molar-refractivity contribution in [2.45, 2.75) is 20.5 Å². The molecule has 0 aliphatic heterocycles. The summed E-state index contributed by atoms with van der Waals surface area (Å²) in [7, 11) is 0. The number of hydrogen-bond donors (Lipinski definition) is 1. The predicted octanol–water partition coefficient (Wildman–Crippen LogP) is 4.26. The van der Waals surface area contributed by atoms with Crippen molar-refractivity contribution in [3.8, 4) is 5.75 Å². The maximum atomic E-state index is 13.6. The van der Waals surface area contributed by atoms with E-state index in [1.165, 1.54) is 6.07 Å². The first-order valence-electron chi connectivity index (χ1n) is 5.91. The van der Waals surface area contributed by atoms with Crippen LogP contribution in [0, 0.1) is 19.7 Å². The fourth-order valence-corrected chi connectivity index (χ4v) is 2.13. The molecule has 0 aromatic heterocycles. The minimum absolute atomic E-state index is 0.122. The minimum atomic E-state index is -0.379. The van der Waals surface area contributed by atoms with E-state index in [4.69, 9.17) is 22.1 Å². The van der Waals surface area contributed by atoms with Crippen molar-refractivity contribution in [1.29, 1.82) is 0 Å². The number of nitrogen functional groups attached to an aromatic ring is 1. The number of aryl methyl sites for hydroxylation is 2. The Bertz CT molecular complexity index is 590. The monoisotopic (exact) mass is 279 g/mol. The van der Waals surface area contributed by atoms with Crippen molar-refractivity contribution < 1.29 is 9.13 Å². The molecule has 2 rings (SSSR count). The van der Waals surface area contributed by atoms with Crippen molar-refractivity contribution >= 4 is 17.3 Å². The van der Waals surface area contributed by atoms with Crippen molar-refractivity contribution in [3.63, 3.8) is 0 Å². The third kappa shape index (κ3) is 3.18. The van der Waals surface area contributed by atoms with Gasteiger partial charge in [0.05, 0.1) is 5.69 Å². The average molecular weight is 280 g/mol. The number of nitrogens with two attached hydrogens (primary N) is 1. The third-order valence-corrected chi connectivity index (χ3v) is 3.07. The van der Waals surface area contributed by atoms with Gasteiger partial charge in [-0.3, -0.25) is 0 Å². The molecule has 0 spiro atoms. The van der Waals surface area contributed by atoms with Gasteiger partial charge in [0.1, 0.15) is 18.2 Å². The Hall–Kier alpha value is -1.74. The predicted molar refractivity (Wildman–Crippen MR) is 76.1 cm³/mol. The molecule has 0 aliphatic rings. The van der Waals surface area contributed by atoms with Gasteiger partial charge in [-0.15, -0.1) is 0 Å². The lowest BCUT2D eigenvalue weighted by Crippen LogP contribution is -2.02. The highest BCUT2D eigenvalue weighted by Gasteiger charge is 2.08. The maximum absolute atomic E-state index is 13.6. The molecule has 100 valence electrons. The summed E-state index contributed by atoms with van der Waals surface area (Å²) in [5.74, 6) is 0.218. The van der Waals surface area contributed by atoms with Crippen LogP contribution >= 0.6 is 11.6 Å². The Morgan fingerprint density at radius 2 is 1.95 bits per heavy atom. The van der Waals surface area contributed by atoms with Crippen LogP contribution in [0.15, 0.2) is 30.3 Å². The first kappa shape index (κ1) is 13.7. The molecular formula is C15H15ClFNO. The summed E-state index contributed by atoms with van der Waals surface area (Å²) < 4.78 is 19.2. The van der Waals surface area contributed by atoms with Crippen molar-refractivity contribution in [2.24, 2.45) is 0 Å². The van der Waals surface area contributed by atoms with Gasteiger partial charge in [-0.05, 0) is 43.2 Å². The van der Waals surface area contributed by atoms with E-state index in [0.29, 0.717) is 22.0 Å². The molecule has 19 heavy (non-hydrogen) atoms. The largest absolute Gasteiger partial charge is 0.486 e. The van der Waals surface area contributed by atoms with E-state index in [1.807, 2.05) is 26.0 Å². The number of rotatable bonds is 3. The van der Waals surface area contributed by atoms with Gasteiger partial charge in [0.15, 0.2) is 0 Å². The molecule has 0 saturated carbocycles. The highest BCUT2D eigenvalue weighted by Crippen LogP contribution is 2.28. The standard InChI is InChI=1S/C15H15ClFNO/c1-9-5-10(2)15(14(18)6-9)19-8-11-3-4-12(16)7-13(11)17/h3-7H,8,18H2,1-2H3. The zero-order chi connectivity index (χ0) is 14.0. The number of ether oxygens (including phenoxy) is 1. The van der Waals surface area contributed by atoms with Gasteiger partial charge in [-0.1, -0.05) is 23.7 Å². The first-order valence-corrected chi connectivity index (χ1v) is 6.28. The zero-order valence-corrected chi connectivity index (χ0v) is 11.6. The van der Waals surface area contributed by atoms with Gasteiger partial charge in [0.2, 0.25) is 0 Å². The Morgan fingerprint density at radius 1 is 1.21 bits per heavy atom. The Morgan fingerprint density at radius 3 is 2.58 bits per heavy atom. The smallest absolute Gasteiger partial charge is 0.145 e. The first-order chi connectivity index (χ1) is 8.97. The molecule has 0 saturated heterocycles. The number of hydrogen-bond acceptors (Lipinski definition) is 2. The minimum Gasteiger partial charge on any atom is -0.486 e. The molecule has 0 unspecified atom stereocenters. The summed E-state index contributed by atoms with van der Waals surface area (Å²) in [5, 5.41) is 0.368. The topological polar surface area (TPSA) is 35.2 Å². The molecule has 0 radical (unpaired) electrons. The van der Waals surface area contributed by atoms with Crippen LogP contribution in [0.2, 0.25) is 5.02 Å². The summed E-state index contributed by atoms with van der Waals surface area (Å²) in [6.45, 7) is 4.00. The summed E-state index contributed by atoms with van der Waals surface area (Å²) in [6.07, 6.45) is 0. The number of halogens is 2. The van der Waals surface area contributed by atoms with Gasteiger partial charge in [-0.25, -0.2) is 4.39 Å². The second-order valence-electron chi connectivity index (χ2n) is 4.52. The lowest BCUT2D eigenvalue weighted by molar-refractivity contribution is 0.299. The van der Waals surface area contributed by atoms with Crippen LogP contribution in [0.4, 0.5) is 10.1 Å². The summed E-state index contributed by atoms with van der Waals surface area (Å²) in [6, 6.07) is 8.32. The second kappa shape index (κ2) is 5.49. The lowest BCUT2D eigenvalue weighted by Gasteiger charge is -2.13. The van der Waals surface area contributed by atoms with Crippen LogP contribution in [0.25, 0.3) is 0 Å². The van der Waals surface area contributed by atoms with E-state index in [2.05, 4.69) is 0 Å². The molecule has 2 nitrogen and oxygen atoms in total. The molecular weight excluding hydrogens is 265 g/mol. The van der Waals surface area contributed by atoms with E-state index in [9.17, 15) is 4.39 Å². The Balaban J connectivity index is 2.19. The molecule has 4 heteroatoms. The normalized spacial score (nSPS) is 10.5. The quantitative estimate of drug-likeness (QED) is 0.852. The molecule has 0 fully saturated rings. The van der Waals surface area contributed by atoms with E-state index >= 15 is 0 Å². The fourth-order valence-electron chi connectivity index (χ4n) is 1.97. The molecule has 0 heterocycles. The number of benzene rings is 2. The average Bonchev–Trinajstić information content (AvgIpc) is 2.30. The van der Waals surface area contributed by atoms with Gasteiger partial charge in [0, 0.05) is 10.6 Å². The number of anilines is 1. The van der Waals surface area contributed by atoms with Crippen molar-refractivity contribution in [3.05, 3.63) is 57.9 Å². The third-order valence-electron chi connectivity index (χ3n) is 2.83. The molecule has 0 bridgehead atoms. The Labute approximate surface area is 117 Å². The highest BCUT2D eigenvalue weighted by molar-refractivity contribution is 6.30. The van der Waals surface area contributed by atoms with Crippen molar-refractivity contribution in [2.75, 3.05) is 5.73 Å². The lowest BCUT2D eigenvalue weighted by atomic mass is 10.1. The molecule has 0 amide bonds. The van der Waals surface area contributed by atoms with Crippen LogP contribution < -0.4 is 10.5 Å². The molecule has 2 aromatic rings. The Kier molecular flexibility index (Phi) is 3.96. The molecule has 2 N–H and O–H groups in total. The van der Waals surface area contributed by atoms with Crippen molar-refractivity contribution in [1.82, 2.24) is 0 Å². The summed E-state index contributed by atoms with van der Waals surface area (Å²) in [5.41, 5.74) is 8.92. The van der Waals surface area contributed by atoms with E-state index in [1.54, 1.807) is 12.1 Å². The zero-order valence-electron chi connectivity index (χ0n) is 10.8. The van der Waals surface area contributed by atoms with Crippen LogP contribution in [0.5, 0.6) is 5.75 Å². The van der Waals surface area contributed by atoms with Crippen LogP contribution in [-0.4, -0.2) is 0 Å². The van der Waals surface area contributed by atoms with Crippen LogP contribution in [0.3, 0.4) is 0 Å². The fraction of sp³-hybridized carbons (Fsp3) is 0.200.